The van der Waals surface area contributed by atoms with E-state index in [2.05, 4.69) is 0 Å². The molecule has 1 N–H and O–H groups in total. The lowest BCUT2D eigenvalue weighted by Gasteiger charge is -2.19. The lowest BCUT2D eigenvalue weighted by atomic mass is 10.0. The number of carboxylic acid groups (broad SMARTS) is 1. The Bertz CT molecular complexity index is 293. The second-order valence-corrected chi connectivity index (χ2v) is 5.19. The maximum absolute atomic E-state index is 11.0. The lowest BCUT2D eigenvalue weighted by Crippen LogP contribution is -2.14. The van der Waals surface area contributed by atoms with Gasteiger partial charge in [0.1, 0.15) is 0 Å². The first-order valence-corrected chi connectivity index (χ1v) is 5.56. The van der Waals surface area contributed by atoms with E-state index in [4.69, 9.17) is 9.84 Å². The fraction of sp³-hybridized carbons (Fsp3) is 0.750. The number of carbonyl (C=O) groups is 1. The smallest absolute Gasteiger partial charge is 0.307 e. The van der Waals surface area contributed by atoms with Crippen LogP contribution in [0.15, 0.2) is 12.3 Å². The summed E-state index contributed by atoms with van der Waals surface area (Å²) >= 11 is 0. The molecule has 0 radical (unpaired) electrons. The number of rotatable bonds is 3. The molecule has 1 aliphatic heterocycles. The van der Waals surface area contributed by atoms with Gasteiger partial charge in [-0.3, -0.25) is 4.79 Å². The minimum Gasteiger partial charge on any atom is -0.498 e. The van der Waals surface area contributed by atoms with Crippen molar-refractivity contribution < 1.29 is 14.6 Å². The number of hydrogen-bond acceptors (Lipinski definition) is 2. The Kier molecular flexibility index (Phi) is 2.49. The first-order chi connectivity index (χ1) is 7.03. The highest BCUT2D eigenvalue weighted by Crippen LogP contribution is 2.60. The Balaban J connectivity index is 1.91. The summed E-state index contributed by atoms with van der Waals surface area (Å²) in [6.07, 6.45) is 6.95. The fourth-order valence-electron chi connectivity index (χ4n) is 2.72. The van der Waals surface area contributed by atoms with Gasteiger partial charge in [-0.25, -0.2) is 0 Å². The van der Waals surface area contributed by atoms with Crippen molar-refractivity contribution in [3.63, 3.8) is 0 Å². The number of ether oxygens (including phenoxy) is 1. The van der Waals surface area contributed by atoms with Gasteiger partial charge in [0.05, 0.1) is 18.3 Å². The van der Waals surface area contributed by atoms with Crippen LogP contribution in [0.4, 0.5) is 0 Å². The molecule has 1 fully saturated rings. The lowest BCUT2D eigenvalue weighted by molar-refractivity contribution is -0.139. The molecule has 2 aliphatic rings. The number of hydrogen-bond donors (Lipinski definition) is 1. The molecule has 15 heavy (non-hydrogen) atoms. The van der Waals surface area contributed by atoms with Crippen LogP contribution in [-0.2, 0) is 9.53 Å². The van der Waals surface area contributed by atoms with Gasteiger partial charge in [0.15, 0.2) is 0 Å². The van der Waals surface area contributed by atoms with Crippen LogP contribution in [0.5, 0.6) is 0 Å². The molecule has 0 aromatic carbocycles. The predicted octanol–water partition coefficient (Wildman–Crippen LogP) is 2.43. The van der Waals surface area contributed by atoms with Crippen molar-refractivity contribution in [1.82, 2.24) is 0 Å². The summed E-state index contributed by atoms with van der Waals surface area (Å²) in [4.78, 5) is 11.0. The second kappa shape index (κ2) is 3.54. The average molecular weight is 210 g/mol. The highest BCUT2D eigenvalue weighted by molar-refractivity contribution is 5.75. The molecule has 0 aromatic rings. The fourth-order valence-corrected chi connectivity index (χ4v) is 2.72. The van der Waals surface area contributed by atoms with Crippen molar-refractivity contribution in [2.24, 2.45) is 17.3 Å². The van der Waals surface area contributed by atoms with Gasteiger partial charge >= 0.3 is 5.97 Å². The summed E-state index contributed by atoms with van der Waals surface area (Å²) < 4.78 is 5.48. The van der Waals surface area contributed by atoms with Gasteiger partial charge in [0.2, 0.25) is 0 Å². The SMILES string of the molecule is CC1(C)C(CC2CCC=CO2)C1C(=O)O. The van der Waals surface area contributed by atoms with Crippen LogP contribution in [0.2, 0.25) is 0 Å². The van der Waals surface area contributed by atoms with Crippen LogP contribution in [0, 0.1) is 17.3 Å². The Labute approximate surface area is 90.1 Å². The number of carboxylic acids is 1. The monoisotopic (exact) mass is 210 g/mol. The van der Waals surface area contributed by atoms with Gasteiger partial charge in [0.25, 0.3) is 0 Å². The Morgan fingerprint density at radius 2 is 2.33 bits per heavy atom. The molecular formula is C12H18O3. The van der Waals surface area contributed by atoms with Crippen LogP contribution >= 0.6 is 0 Å². The summed E-state index contributed by atoms with van der Waals surface area (Å²) in [6, 6.07) is 0. The molecule has 3 heteroatoms. The van der Waals surface area contributed by atoms with Crippen molar-refractivity contribution in [3.8, 4) is 0 Å². The highest BCUT2D eigenvalue weighted by atomic mass is 16.5. The molecule has 1 saturated carbocycles. The zero-order valence-corrected chi connectivity index (χ0v) is 9.27. The van der Waals surface area contributed by atoms with E-state index in [-0.39, 0.29) is 23.4 Å². The minimum absolute atomic E-state index is 0.0453. The van der Waals surface area contributed by atoms with E-state index in [1.807, 2.05) is 19.9 Å². The van der Waals surface area contributed by atoms with E-state index in [9.17, 15) is 4.79 Å². The summed E-state index contributed by atoms with van der Waals surface area (Å²) in [6.45, 7) is 4.07. The van der Waals surface area contributed by atoms with Crippen LogP contribution < -0.4 is 0 Å². The molecule has 1 aliphatic carbocycles. The van der Waals surface area contributed by atoms with Gasteiger partial charge in [-0.05, 0) is 36.7 Å². The van der Waals surface area contributed by atoms with Gasteiger partial charge in [-0.2, -0.15) is 0 Å². The second-order valence-electron chi connectivity index (χ2n) is 5.19. The Hall–Kier alpha value is -0.990. The standard InChI is InChI=1S/C12H18O3/c1-12(2)9(10(12)11(13)14)7-8-5-3-4-6-15-8/h4,6,8-10H,3,5,7H2,1-2H3,(H,13,14). The largest absolute Gasteiger partial charge is 0.498 e. The molecule has 1 heterocycles. The zero-order valence-electron chi connectivity index (χ0n) is 9.27. The van der Waals surface area contributed by atoms with Crippen LogP contribution in [0.25, 0.3) is 0 Å². The van der Waals surface area contributed by atoms with E-state index >= 15 is 0 Å². The molecule has 84 valence electrons. The van der Waals surface area contributed by atoms with Gasteiger partial charge in [0, 0.05) is 0 Å². The van der Waals surface area contributed by atoms with E-state index in [1.54, 1.807) is 6.26 Å². The average Bonchev–Trinajstić information content (AvgIpc) is 2.70. The third-order valence-corrected chi connectivity index (χ3v) is 3.86. The minimum atomic E-state index is -0.656. The van der Waals surface area contributed by atoms with Crippen molar-refractivity contribution in [3.05, 3.63) is 12.3 Å². The Morgan fingerprint density at radius 1 is 1.60 bits per heavy atom. The number of aliphatic carboxylic acids is 1. The molecule has 0 aromatic heterocycles. The van der Waals surface area contributed by atoms with Crippen molar-refractivity contribution in [2.45, 2.75) is 39.2 Å². The molecule has 0 bridgehead atoms. The van der Waals surface area contributed by atoms with Crippen molar-refractivity contribution >= 4 is 5.97 Å². The van der Waals surface area contributed by atoms with Gasteiger partial charge in [-0.15, -0.1) is 0 Å². The third-order valence-electron chi connectivity index (χ3n) is 3.86. The molecule has 3 unspecified atom stereocenters. The maximum atomic E-state index is 11.0. The molecule has 3 nitrogen and oxygen atoms in total. The first kappa shape index (κ1) is 10.5. The first-order valence-electron chi connectivity index (χ1n) is 5.56. The number of allylic oxidation sites excluding steroid dienone is 1. The molecule has 2 rings (SSSR count). The van der Waals surface area contributed by atoms with Crippen LogP contribution in [-0.4, -0.2) is 17.2 Å². The molecular weight excluding hydrogens is 192 g/mol. The maximum Gasteiger partial charge on any atom is 0.307 e. The van der Waals surface area contributed by atoms with E-state index in [0.717, 1.165) is 19.3 Å². The molecule has 0 saturated heterocycles. The summed E-state index contributed by atoms with van der Waals surface area (Å²) in [5, 5.41) is 9.03. The van der Waals surface area contributed by atoms with Crippen LogP contribution in [0.3, 0.4) is 0 Å². The summed E-state index contributed by atoms with van der Waals surface area (Å²) in [7, 11) is 0. The van der Waals surface area contributed by atoms with E-state index in [0.29, 0.717) is 0 Å². The van der Waals surface area contributed by atoms with Gasteiger partial charge in [-0.1, -0.05) is 13.8 Å². The van der Waals surface area contributed by atoms with Crippen LogP contribution in [0.1, 0.15) is 33.1 Å². The van der Waals surface area contributed by atoms with Gasteiger partial charge < -0.3 is 9.84 Å². The molecule has 0 spiro atoms. The molecule has 0 amide bonds. The quantitative estimate of drug-likeness (QED) is 0.778. The van der Waals surface area contributed by atoms with Crippen molar-refractivity contribution in [1.29, 1.82) is 0 Å². The Morgan fingerprint density at radius 3 is 2.80 bits per heavy atom. The predicted molar refractivity (Wildman–Crippen MR) is 56.3 cm³/mol. The summed E-state index contributed by atoms with van der Waals surface area (Å²) in [5.41, 5.74) is -0.0453. The van der Waals surface area contributed by atoms with E-state index < -0.39 is 5.97 Å². The normalized spacial score (nSPS) is 37.1. The molecule has 3 atom stereocenters. The topological polar surface area (TPSA) is 46.5 Å². The summed E-state index contributed by atoms with van der Waals surface area (Å²) in [5.74, 6) is -0.546. The highest BCUT2D eigenvalue weighted by Gasteiger charge is 2.62. The zero-order chi connectivity index (χ0) is 11.1. The third kappa shape index (κ3) is 1.87. The van der Waals surface area contributed by atoms with E-state index in [1.165, 1.54) is 0 Å². The van der Waals surface area contributed by atoms with Crippen molar-refractivity contribution in [2.75, 3.05) is 0 Å².